The van der Waals surface area contributed by atoms with Gasteiger partial charge in [0.1, 0.15) is 22.3 Å². The van der Waals surface area contributed by atoms with Crippen LogP contribution >= 0.6 is 0 Å². The van der Waals surface area contributed by atoms with Crippen LogP contribution in [0.2, 0.25) is 0 Å². The number of fused-ring (bicyclic) bond motifs is 10. The zero-order chi connectivity index (χ0) is 38.5. The fraction of sp³-hybridized carbons (Fsp3) is 0.0545. The van der Waals surface area contributed by atoms with Gasteiger partial charge in [0.15, 0.2) is 0 Å². The largest absolute Gasteiger partial charge is 0.456 e. The second-order valence-electron chi connectivity index (χ2n) is 16.1. The topological polar surface area (TPSA) is 29.5 Å². The minimum atomic E-state index is -0.218. The van der Waals surface area contributed by atoms with Gasteiger partial charge in [0.05, 0.1) is 11.4 Å². The van der Waals surface area contributed by atoms with Crippen LogP contribution in [0.4, 0.5) is 17.1 Å². The maximum atomic E-state index is 6.48. The minimum Gasteiger partial charge on any atom is -0.456 e. The van der Waals surface area contributed by atoms with Crippen molar-refractivity contribution in [2.45, 2.75) is 19.3 Å². The predicted octanol–water partition coefficient (Wildman–Crippen LogP) is 15.7. The molecule has 0 atom stereocenters. The molecule has 3 nitrogen and oxygen atoms in total. The third-order valence-corrected chi connectivity index (χ3v) is 12.4. The molecule has 0 bridgehead atoms. The van der Waals surface area contributed by atoms with E-state index in [1.165, 1.54) is 38.7 Å². The van der Waals surface area contributed by atoms with Gasteiger partial charge in [0, 0.05) is 43.8 Å². The minimum absolute atomic E-state index is 0.218. The molecule has 1 aliphatic rings. The highest BCUT2D eigenvalue weighted by atomic mass is 16.3. The van der Waals surface area contributed by atoms with Crippen LogP contribution in [0.15, 0.2) is 197 Å². The highest BCUT2D eigenvalue weighted by Crippen LogP contribution is 2.55. The van der Waals surface area contributed by atoms with Gasteiger partial charge in [-0.15, -0.1) is 0 Å². The van der Waals surface area contributed by atoms with E-state index < -0.39 is 0 Å². The summed E-state index contributed by atoms with van der Waals surface area (Å²) in [5, 5.41) is 6.88. The summed E-state index contributed by atoms with van der Waals surface area (Å²) < 4.78 is 12.9. The molecule has 9 aromatic carbocycles. The van der Waals surface area contributed by atoms with E-state index in [4.69, 9.17) is 8.83 Å². The fourth-order valence-corrected chi connectivity index (χ4v) is 9.72. The van der Waals surface area contributed by atoms with E-state index in [1.54, 1.807) is 0 Å². The van der Waals surface area contributed by atoms with Crippen LogP contribution in [0.3, 0.4) is 0 Å². The van der Waals surface area contributed by atoms with Crippen LogP contribution in [0.5, 0.6) is 0 Å². The summed E-state index contributed by atoms with van der Waals surface area (Å²) in [6, 6.07) is 67.8. The van der Waals surface area contributed by atoms with E-state index in [9.17, 15) is 0 Å². The van der Waals surface area contributed by atoms with Crippen molar-refractivity contribution in [3.05, 3.63) is 199 Å². The van der Waals surface area contributed by atoms with E-state index in [1.807, 2.05) is 12.1 Å². The third kappa shape index (κ3) is 4.80. The van der Waals surface area contributed by atoms with Gasteiger partial charge in [0.2, 0.25) is 0 Å². The molecule has 2 aromatic heterocycles. The number of furan rings is 2. The predicted molar refractivity (Wildman–Crippen MR) is 242 cm³/mol. The SMILES string of the molecule is CC1(C)c2ccccc2-c2cccc(N(c3ccc(-c4cccc5c4oc4ccccc45)cc3)c3ccccc3-c3ccc4oc5cc6ccccc6cc5c4c3)c21. The molecule has 1 aliphatic carbocycles. The molecule has 0 saturated heterocycles. The summed E-state index contributed by atoms with van der Waals surface area (Å²) in [7, 11) is 0. The van der Waals surface area contributed by atoms with Crippen molar-refractivity contribution < 1.29 is 8.83 Å². The van der Waals surface area contributed by atoms with Crippen molar-refractivity contribution >= 4 is 71.7 Å². The Hall–Kier alpha value is -7.36. The highest BCUT2D eigenvalue weighted by molar-refractivity contribution is 6.12. The van der Waals surface area contributed by atoms with Gasteiger partial charge in [-0.05, 0) is 98.8 Å². The lowest BCUT2D eigenvalue weighted by Gasteiger charge is -2.33. The Morgan fingerprint density at radius 1 is 0.397 bits per heavy atom. The van der Waals surface area contributed by atoms with Crippen molar-refractivity contribution in [3.63, 3.8) is 0 Å². The molecule has 12 rings (SSSR count). The molecular weight excluding hydrogens is 707 g/mol. The zero-order valence-corrected chi connectivity index (χ0v) is 32.2. The quantitative estimate of drug-likeness (QED) is 0.176. The van der Waals surface area contributed by atoms with Gasteiger partial charge in [-0.1, -0.05) is 147 Å². The van der Waals surface area contributed by atoms with E-state index in [-0.39, 0.29) is 5.41 Å². The Kier molecular flexibility index (Phi) is 6.98. The first kappa shape index (κ1) is 32.8. The van der Waals surface area contributed by atoms with E-state index in [0.717, 1.165) is 77.5 Å². The standard InChI is InChI=1S/C55H37NO2/c1-55(2)47-21-8-5-16-41(47)43-19-12-23-49(53(43)55)56(38-28-25-34(26-29-38)40-18-11-20-44-42-17-7-10-24-50(42)58-54(40)44)48-22-9-6-15-39(48)37-27-30-51-45(32-37)46-31-35-13-3-4-14-36(35)33-52(46)57-51/h3-33H,1-2H3. The molecule has 0 N–H and O–H groups in total. The molecule has 2 heterocycles. The van der Waals surface area contributed by atoms with Crippen molar-refractivity contribution in [2.24, 2.45) is 0 Å². The summed E-state index contributed by atoms with van der Waals surface area (Å²) >= 11 is 0. The number of benzene rings is 9. The molecule has 0 saturated carbocycles. The number of hydrogen-bond donors (Lipinski definition) is 0. The fourth-order valence-electron chi connectivity index (χ4n) is 9.72. The van der Waals surface area contributed by atoms with Crippen molar-refractivity contribution in [3.8, 4) is 33.4 Å². The Bertz CT molecular complexity index is 3440. The lowest BCUT2D eigenvalue weighted by molar-refractivity contribution is 0.661. The Morgan fingerprint density at radius 2 is 1.02 bits per heavy atom. The lowest BCUT2D eigenvalue weighted by atomic mass is 9.81. The number of rotatable bonds is 5. The first-order valence-electron chi connectivity index (χ1n) is 20.0. The number of anilines is 3. The van der Waals surface area contributed by atoms with E-state index in [0.29, 0.717) is 0 Å². The molecule has 0 spiro atoms. The first-order valence-corrected chi connectivity index (χ1v) is 20.0. The van der Waals surface area contributed by atoms with Crippen molar-refractivity contribution in [1.82, 2.24) is 0 Å². The molecule has 0 radical (unpaired) electrons. The van der Waals surface area contributed by atoms with Crippen molar-refractivity contribution in [1.29, 1.82) is 0 Å². The molecule has 0 amide bonds. The lowest BCUT2D eigenvalue weighted by Crippen LogP contribution is -2.21. The summed E-state index contributed by atoms with van der Waals surface area (Å²) in [5.74, 6) is 0. The molecule has 58 heavy (non-hydrogen) atoms. The average molecular weight is 744 g/mol. The molecule has 3 heteroatoms. The molecule has 0 fully saturated rings. The number of hydrogen-bond acceptors (Lipinski definition) is 3. The Balaban J connectivity index is 1.06. The van der Waals surface area contributed by atoms with Gasteiger partial charge in [-0.2, -0.15) is 0 Å². The summed E-state index contributed by atoms with van der Waals surface area (Å²) in [4.78, 5) is 2.47. The molecule has 11 aromatic rings. The second kappa shape index (κ2) is 12.3. The normalized spacial score (nSPS) is 13.1. The number of nitrogens with zero attached hydrogens (tertiary/aromatic N) is 1. The van der Waals surface area contributed by atoms with Crippen LogP contribution < -0.4 is 4.90 Å². The van der Waals surface area contributed by atoms with Crippen LogP contribution in [0.1, 0.15) is 25.0 Å². The molecule has 0 unspecified atom stereocenters. The van der Waals surface area contributed by atoms with Gasteiger partial charge in [-0.25, -0.2) is 0 Å². The smallest absolute Gasteiger partial charge is 0.143 e. The summed E-state index contributed by atoms with van der Waals surface area (Å²) in [6.07, 6.45) is 0. The highest BCUT2D eigenvalue weighted by Gasteiger charge is 2.39. The maximum Gasteiger partial charge on any atom is 0.143 e. The summed E-state index contributed by atoms with van der Waals surface area (Å²) in [6.45, 7) is 4.73. The molecule has 274 valence electrons. The summed E-state index contributed by atoms with van der Waals surface area (Å²) in [5.41, 5.74) is 16.5. The molecular formula is C55H37NO2. The Morgan fingerprint density at radius 3 is 1.90 bits per heavy atom. The van der Waals surface area contributed by atoms with E-state index in [2.05, 4.69) is 195 Å². The van der Waals surface area contributed by atoms with Crippen LogP contribution in [-0.4, -0.2) is 0 Å². The van der Waals surface area contributed by atoms with Gasteiger partial charge < -0.3 is 13.7 Å². The average Bonchev–Trinajstić information content (AvgIpc) is 3.90. The van der Waals surface area contributed by atoms with Gasteiger partial charge in [0.25, 0.3) is 0 Å². The second-order valence-corrected chi connectivity index (χ2v) is 16.1. The first-order chi connectivity index (χ1) is 28.5. The van der Waals surface area contributed by atoms with Gasteiger partial charge >= 0.3 is 0 Å². The van der Waals surface area contributed by atoms with Crippen LogP contribution in [0, 0.1) is 0 Å². The monoisotopic (exact) mass is 743 g/mol. The molecule has 0 aliphatic heterocycles. The van der Waals surface area contributed by atoms with Gasteiger partial charge in [-0.3, -0.25) is 0 Å². The third-order valence-electron chi connectivity index (χ3n) is 12.4. The Labute approximate surface area is 336 Å². The van der Waals surface area contributed by atoms with Crippen molar-refractivity contribution in [2.75, 3.05) is 4.90 Å². The number of para-hydroxylation sites is 3. The maximum absolute atomic E-state index is 6.48. The zero-order valence-electron chi connectivity index (χ0n) is 32.2. The van der Waals surface area contributed by atoms with Crippen LogP contribution in [0.25, 0.3) is 88.0 Å². The van der Waals surface area contributed by atoms with E-state index >= 15 is 0 Å². The van der Waals surface area contributed by atoms with Crippen LogP contribution in [-0.2, 0) is 5.41 Å².